The van der Waals surface area contributed by atoms with Crippen molar-refractivity contribution in [1.82, 2.24) is 14.7 Å². The van der Waals surface area contributed by atoms with Crippen LogP contribution in [0.25, 0.3) is 5.65 Å². The number of pyridine rings is 1. The van der Waals surface area contributed by atoms with Crippen LogP contribution in [0, 0.1) is 0 Å². The van der Waals surface area contributed by atoms with Crippen molar-refractivity contribution in [3.63, 3.8) is 0 Å². The minimum atomic E-state index is 0.0901. The SMILES string of the molecule is O=C(CCc1cn2ccccc2n1)NCCN1CCCc2ccccc21. The zero-order chi connectivity index (χ0) is 17.8. The van der Waals surface area contributed by atoms with Crippen molar-refractivity contribution in [3.8, 4) is 0 Å². The van der Waals surface area contributed by atoms with Gasteiger partial charge in [-0.15, -0.1) is 0 Å². The zero-order valence-electron chi connectivity index (χ0n) is 14.9. The molecule has 0 spiro atoms. The topological polar surface area (TPSA) is 49.6 Å². The second-order valence-electron chi connectivity index (χ2n) is 6.77. The lowest BCUT2D eigenvalue weighted by molar-refractivity contribution is -0.121. The Morgan fingerprint density at radius 2 is 2.04 bits per heavy atom. The number of anilines is 1. The van der Waals surface area contributed by atoms with Crippen LogP contribution >= 0.6 is 0 Å². The van der Waals surface area contributed by atoms with Crippen molar-refractivity contribution < 1.29 is 4.79 Å². The normalized spacial score (nSPS) is 13.6. The number of nitrogens with zero attached hydrogens (tertiary/aromatic N) is 3. The van der Waals surface area contributed by atoms with Gasteiger partial charge in [-0.3, -0.25) is 4.79 Å². The maximum atomic E-state index is 12.2. The molecule has 0 saturated heterocycles. The molecule has 134 valence electrons. The number of carbonyl (C=O) groups is 1. The number of aromatic nitrogens is 2. The van der Waals surface area contributed by atoms with Crippen LogP contribution in [0.15, 0.2) is 54.9 Å². The molecule has 0 atom stereocenters. The van der Waals surface area contributed by atoms with Gasteiger partial charge in [0, 0.05) is 44.1 Å². The molecule has 26 heavy (non-hydrogen) atoms. The molecule has 4 rings (SSSR count). The fraction of sp³-hybridized carbons (Fsp3) is 0.333. The molecule has 0 unspecified atom stereocenters. The van der Waals surface area contributed by atoms with Crippen molar-refractivity contribution >= 4 is 17.2 Å². The molecule has 2 aromatic heterocycles. The molecule has 1 aliphatic heterocycles. The molecule has 5 heteroatoms. The number of aryl methyl sites for hydroxylation is 2. The smallest absolute Gasteiger partial charge is 0.220 e. The van der Waals surface area contributed by atoms with Crippen LogP contribution in [0.2, 0.25) is 0 Å². The van der Waals surface area contributed by atoms with E-state index in [0.717, 1.165) is 30.9 Å². The average molecular weight is 348 g/mol. The molecule has 1 aliphatic rings. The number of fused-ring (bicyclic) bond motifs is 2. The summed E-state index contributed by atoms with van der Waals surface area (Å²) in [6.45, 7) is 2.60. The quantitative estimate of drug-likeness (QED) is 0.745. The summed E-state index contributed by atoms with van der Waals surface area (Å²) in [5.74, 6) is 0.0901. The fourth-order valence-electron chi connectivity index (χ4n) is 3.61. The van der Waals surface area contributed by atoms with Gasteiger partial charge in [-0.25, -0.2) is 4.98 Å². The second kappa shape index (κ2) is 7.60. The van der Waals surface area contributed by atoms with Gasteiger partial charge < -0.3 is 14.6 Å². The number of rotatable bonds is 6. The highest BCUT2D eigenvalue weighted by atomic mass is 16.1. The molecule has 0 aliphatic carbocycles. The van der Waals surface area contributed by atoms with E-state index >= 15 is 0 Å². The molecule has 1 amide bonds. The van der Waals surface area contributed by atoms with E-state index in [0.29, 0.717) is 19.4 Å². The van der Waals surface area contributed by atoms with E-state index in [1.54, 1.807) is 0 Å². The summed E-state index contributed by atoms with van der Waals surface area (Å²) in [5, 5.41) is 3.05. The van der Waals surface area contributed by atoms with Gasteiger partial charge in [0.15, 0.2) is 0 Å². The molecule has 3 heterocycles. The summed E-state index contributed by atoms with van der Waals surface area (Å²) in [6, 6.07) is 14.5. The predicted octanol–water partition coefficient (Wildman–Crippen LogP) is 2.84. The lowest BCUT2D eigenvalue weighted by atomic mass is 10.0. The van der Waals surface area contributed by atoms with Crippen LogP contribution in [-0.2, 0) is 17.6 Å². The molecular weight excluding hydrogens is 324 g/mol. The van der Waals surface area contributed by atoms with E-state index in [4.69, 9.17) is 0 Å². The van der Waals surface area contributed by atoms with Crippen molar-refractivity contribution in [1.29, 1.82) is 0 Å². The van der Waals surface area contributed by atoms with Gasteiger partial charge in [0.25, 0.3) is 0 Å². The highest BCUT2D eigenvalue weighted by molar-refractivity contribution is 5.76. The lowest BCUT2D eigenvalue weighted by Crippen LogP contribution is -2.37. The lowest BCUT2D eigenvalue weighted by Gasteiger charge is -2.31. The Kier molecular flexibility index (Phi) is 4.86. The molecular formula is C21H24N4O. The Bertz CT molecular complexity index is 869. The molecule has 3 aromatic rings. The Balaban J connectivity index is 1.24. The Hall–Kier alpha value is -2.82. The second-order valence-corrected chi connectivity index (χ2v) is 6.77. The van der Waals surface area contributed by atoms with E-state index in [9.17, 15) is 4.79 Å². The minimum Gasteiger partial charge on any atom is -0.370 e. The molecule has 0 bridgehead atoms. The first-order chi connectivity index (χ1) is 12.8. The molecule has 0 fully saturated rings. The Morgan fingerprint density at radius 3 is 2.96 bits per heavy atom. The number of para-hydroxylation sites is 1. The van der Waals surface area contributed by atoms with Gasteiger partial charge in [-0.1, -0.05) is 24.3 Å². The highest BCUT2D eigenvalue weighted by Gasteiger charge is 2.15. The van der Waals surface area contributed by atoms with Crippen molar-refractivity contribution in [2.24, 2.45) is 0 Å². The maximum Gasteiger partial charge on any atom is 0.220 e. The minimum absolute atomic E-state index is 0.0901. The van der Waals surface area contributed by atoms with Crippen LogP contribution in [0.1, 0.15) is 24.1 Å². The summed E-state index contributed by atoms with van der Waals surface area (Å²) in [6.07, 6.45) is 7.44. The number of hydrogen-bond donors (Lipinski definition) is 1. The van der Waals surface area contributed by atoms with Gasteiger partial charge >= 0.3 is 0 Å². The molecule has 0 saturated carbocycles. The van der Waals surface area contributed by atoms with E-state index in [2.05, 4.69) is 39.5 Å². The molecule has 5 nitrogen and oxygen atoms in total. The third-order valence-electron chi connectivity index (χ3n) is 4.93. The summed E-state index contributed by atoms with van der Waals surface area (Å²) in [5.41, 5.74) is 4.61. The predicted molar refractivity (Wildman–Crippen MR) is 103 cm³/mol. The van der Waals surface area contributed by atoms with Crippen LogP contribution in [0.3, 0.4) is 0 Å². The van der Waals surface area contributed by atoms with Crippen LogP contribution in [0.4, 0.5) is 5.69 Å². The summed E-state index contributed by atoms with van der Waals surface area (Å²) >= 11 is 0. The summed E-state index contributed by atoms with van der Waals surface area (Å²) in [7, 11) is 0. The first-order valence-corrected chi connectivity index (χ1v) is 9.32. The Labute approximate surface area is 153 Å². The van der Waals surface area contributed by atoms with Crippen LogP contribution in [-0.4, -0.2) is 34.9 Å². The van der Waals surface area contributed by atoms with Gasteiger partial charge in [-0.2, -0.15) is 0 Å². The standard InChI is InChI=1S/C21H24N4O/c26-21(11-10-18-16-25-13-4-3-9-20(25)23-18)22-12-15-24-14-5-7-17-6-1-2-8-19(17)24/h1-4,6,8-9,13,16H,5,7,10-12,14-15H2,(H,22,26). The average Bonchev–Trinajstić information content (AvgIpc) is 3.10. The zero-order valence-corrected chi connectivity index (χ0v) is 14.9. The number of benzene rings is 1. The Morgan fingerprint density at radius 1 is 1.15 bits per heavy atom. The number of hydrogen-bond acceptors (Lipinski definition) is 3. The molecule has 0 radical (unpaired) electrons. The van der Waals surface area contributed by atoms with Crippen LogP contribution < -0.4 is 10.2 Å². The van der Waals surface area contributed by atoms with Crippen molar-refractivity contribution in [2.45, 2.75) is 25.7 Å². The highest BCUT2D eigenvalue weighted by Crippen LogP contribution is 2.25. The first kappa shape index (κ1) is 16.6. The van der Waals surface area contributed by atoms with Gasteiger partial charge in [0.05, 0.1) is 5.69 Å². The summed E-state index contributed by atoms with van der Waals surface area (Å²) in [4.78, 5) is 19.1. The van der Waals surface area contributed by atoms with Gasteiger partial charge in [-0.05, 0) is 43.0 Å². The largest absolute Gasteiger partial charge is 0.370 e. The number of imidazole rings is 1. The van der Waals surface area contributed by atoms with Crippen molar-refractivity contribution in [2.75, 3.05) is 24.5 Å². The van der Waals surface area contributed by atoms with E-state index in [1.807, 2.05) is 35.0 Å². The van der Waals surface area contributed by atoms with Crippen molar-refractivity contribution in [3.05, 3.63) is 66.1 Å². The molecule has 1 aromatic carbocycles. The van der Waals surface area contributed by atoms with E-state index in [1.165, 1.54) is 17.7 Å². The van der Waals surface area contributed by atoms with E-state index < -0.39 is 0 Å². The third-order valence-corrected chi connectivity index (χ3v) is 4.93. The van der Waals surface area contributed by atoms with Gasteiger partial charge in [0.1, 0.15) is 5.65 Å². The monoisotopic (exact) mass is 348 g/mol. The maximum absolute atomic E-state index is 12.2. The van der Waals surface area contributed by atoms with E-state index in [-0.39, 0.29) is 5.91 Å². The number of nitrogens with one attached hydrogen (secondary N) is 1. The summed E-state index contributed by atoms with van der Waals surface area (Å²) < 4.78 is 1.99. The molecule has 1 N–H and O–H groups in total. The first-order valence-electron chi connectivity index (χ1n) is 9.32. The third kappa shape index (κ3) is 3.72. The fourth-order valence-corrected chi connectivity index (χ4v) is 3.61. The number of carbonyl (C=O) groups excluding carboxylic acids is 1. The van der Waals surface area contributed by atoms with Gasteiger partial charge in [0.2, 0.25) is 5.91 Å². The van der Waals surface area contributed by atoms with Crippen LogP contribution in [0.5, 0.6) is 0 Å². The number of amides is 1.